The molecule has 0 saturated heterocycles. The third-order valence-corrected chi connectivity index (χ3v) is 6.30. The highest BCUT2D eigenvalue weighted by molar-refractivity contribution is 7.89. The number of methoxy groups -OCH3 is 1. The summed E-state index contributed by atoms with van der Waals surface area (Å²) in [5, 5.41) is 2.61. The first-order valence-corrected chi connectivity index (χ1v) is 10.1. The predicted octanol–water partition coefficient (Wildman–Crippen LogP) is 3.13. The molecule has 1 heterocycles. The predicted molar refractivity (Wildman–Crippen MR) is 105 cm³/mol. The van der Waals surface area contributed by atoms with Crippen LogP contribution < -0.4 is 10.1 Å². The molecule has 0 aliphatic carbocycles. The second-order valence-corrected chi connectivity index (χ2v) is 8.16. The number of carbonyl (C=O) groups excluding carboxylic acids is 1. The molecule has 1 N–H and O–H groups in total. The zero-order valence-electron chi connectivity index (χ0n) is 15.3. The summed E-state index contributed by atoms with van der Waals surface area (Å²) in [7, 11) is -2.33. The lowest BCUT2D eigenvalue weighted by atomic mass is 10.0. The minimum Gasteiger partial charge on any atom is -0.495 e. The van der Waals surface area contributed by atoms with E-state index in [2.05, 4.69) is 5.32 Å². The SMILES string of the molecule is COc1ccc(NC(C)=O)cc1S(=O)(=O)N1CC=C(c2ccccc2)CC1. The summed E-state index contributed by atoms with van der Waals surface area (Å²) in [6.45, 7) is 2.05. The Kier molecular flexibility index (Phi) is 5.62. The molecule has 7 heteroatoms. The molecule has 0 fully saturated rings. The summed E-state index contributed by atoms with van der Waals surface area (Å²) in [5.41, 5.74) is 2.67. The van der Waals surface area contributed by atoms with Gasteiger partial charge in [0.25, 0.3) is 0 Å². The average molecular weight is 386 g/mol. The number of hydrogen-bond donors (Lipinski definition) is 1. The molecule has 3 rings (SSSR count). The van der Waals surface area contributed by atoms with Crippen LogP contribution in [-0.4, -0.2) is 38.8 Å². The standard InChI is InChI=1S/C20H22N2O4S/c1-15(23)21-18-8-9-19(26-2)20(14-18)27(24,25)22-12-10-17(11-13-22)16-6-4-3-5-7-16/h3-10,14H,11-13H2,1-2H3,(H,21,23). The first-order valence-electron chi connectivity index (χ1n) is 8.62. The van der Waals surface area contributed by atoms with E-state index in [1.54, 1.807) is 12.1 Å². The lowest BCUT2D eigenvalue weighted by Crippen LogP contribution is -2.35. The third kappa shape index (κ3) is 4.20. The largest absolute Gasteiger partial charge is 0.495 e. The second-order valence-electron chi connectivity index (χ2n) is 6.26. The van der Waals surface area contributed by atoms with Crippen LogP contribution in [0.1, 0.15) is 18.9 Å². The molecule has 0 radical (unpaired) electrons. The Morgan fingerprint density at radius 2 is 1.89 bits per heavy atom. The van der Waals surface area contributed by atoms with Crippen molar-refractivity contribution in [2.75, 3.05) is 25.5 Å². The topological polar surface area (TPSA) is 75.7 Å². The number of rotatable bonds is 5. The van der Waals surface area contributed by atoms with Crippen LogP contribution in [0.3, 0.4) is 0 Å². The highest BCUT2D eigenvalue weighted by atomic mass is 32.2. The Hall–Kier alpha value is -2.64. The van der Waals surface area contributed by atoms with Crippen LogP contribution >= 0.6 is 0 Å². The summed E-state index contributed by atoms with van der Waals surface area (Å²) in [6, 6.07) is 14.5. The van der Waals surface area contributed by atoms with E-state index >= 15 is 0 Å². The van der Waals surface area contributed by atoms with Crippen LogP contribution in [0.4, 0.5) is 5.69 Å². The Bertz CT molecular complexity index is 969. The molecule has 142 valence electrons. The zero-order chi connectivity index (χ0) is 19.4. The highest BCUT2D eigenvalue weighted by Crippen LogP contribution is 2.32. The zero-order valence-corrected chi connectivity index (χ0v) is 16.1. The van der Waals surface area contributed by atoms with Crippen molar-refractivity contribution in [3.8, 4) is 5.75 Å². The summed E-state index contributed by atoms with van der Waals surface area (Å²) >= 11 is 0. The summed E-state index contributed by atoms with van der Waals surface area (Å²) < 4.78 is 33.0. The van der Waals surface area contributed by atoms with E-state index in [1.165, 1.54) is 24.4 Å². The highest BCUT2D eigenvalue weighted by Gasteiger charge is 2.29. The van der Waals surface area contributed by atoms with Gasteiger partial charge in [-0.05, 0) is 35.8 Å². The summed E-state index contributed by atoms with van der Waals surface area (Å²) in [5.74, 6) is -0.0149. The monoisotopic (exact) mass is 386 g/mol. The van der Waals surface area contributed by atoms with Gasteiger partial charge in [0.1, 0.15) is 10.6 Å². The Morgan fingerprint density at radius 3 is 2.48 bits per heavy atom. The molecule has 0 unspecified atom stereocenters. The quantitative estimate of drug-likeness (QED) is 0.857. The molecule has 0 spiro atoms. The van der Waals surface area contributed by atoms with Gasteiger partial charge in [-0.3, -0.25) is 4.79 Å². The summed E-state index contributed by atoms with van der Waals surface area (Å²) in [4.78, 5) is 11.3. The molecular weight excluding hydrogens is 364 g/mol. The molecule has 2 aromatic rings. The number of carbonyl (C=O) groups is 1. The second kappa shape index (κ2) is 7.94. The number of nitrogens with one attached hydrogen (secondary N) is 1. The number of nitrogens with zero attached hydrogens (tertiary/aromatic N) is 1. The Balaban J connectivity index is 1.89. The smallest absolute Gasteiger partial charge is 0.247 e. The van der Waals surface area contributed by atoms with E-state index in [0.717, 1.165) is 11.1 Å². The molecule has 0 atom stereocenters. The maximum atomic E-state index is 13.2. The van der Waals surface area contributed by atoms with Gasteiger partial charge >= 0.3 is 0 Å². The molecule has 0 bridgehead atoms. The van der Waals surface area contributed by atoms with Crippen molar-refractivity contribution in [3.05, 3.63) is 60.2 Å². The fourth-order valence-corrected chi connectivity index (χ4v) is 4.64. The van der Waals surface area contributed by atoms with Crippen molar-refractivity contribution < 1.29 is 17.9 Å². The van der Waals surface area contributed by atoms with Gasteiger partial charge in [0.2, 0.25) is 15.9 Å². The molecule has 1 aliphatic rings. The average Bonchev–Trinajstić information content (AvgIpc) is 2.68. The first kappa shape index (κ1) is 19.1. The van der Waals surface area contributed by atoms with Crippen LogP contribution in [0.15, 0.2) is 59.5 Å². The Morgan fingerprint density at radius 1 is 1.15 bits per heavy atom. The fraction of sp³-hybridized carbons (Fsp3) is 0.250. The molecule has 27 heavy (non-hydrogen) atoms. The van der Waals surface area contributed by atoms with E-state index in [4.69, 9.17) is 4.74 Å². The van der Waals surface area contributed by atoms with Crippen molar-refractivity contribution in [3.63, 3.8) is 0 Å². The Labute approximate surface area is 159 Å². The number of hydrogen-bond acceptors (Lipinski definition) is 4. The van der Waals surface area contributed by atoms with Crippen molar-refractivity contribution in [2.45, 2.75) is 18.2 Å². The van der Waals surface area contributed by atoms with Gasteiger partial charge in [0, 0.05) is 25.7 Å². The van der Waals surface area contributed by atoms with Gasteiger partial charge in [-0.2, -0.15) is 4.31 Å². The van der Waals surface area contributed by atoms with Crippen LogP contribution in [0, 0.1) is 0 Å². The first-order chi connectivity index (χ1) is 12.9. The van der Waals surface area contributed by atoms with Gasteiger partial charge < -0.3 is 10.1 Å². The van der Waals surface area contributed by atoms with Gasteiger partial charge in [0.15, 0.2) is 0 Å². The van der Waals surface area contributed by atoms with Crippen LogP contribution in [0.25, 0.3) is 5.57 Å². The molecular formula is C20H22N2O4S. The molecule has 1 aliphatic heterocycles. The van der Waals surface area contributed by atoms with Crippen LogP contribution in [0.2, 0.25) is 0 Å². The molecule has 0 aromatic heterocycles. The minimum atomic E-state index is -3.76. The number of ether oxygens (including phenoxy) is 1. The van der Waals surface area contributed by atoms with Gasteiger partial charge in [-0.15, -0.1) is 0 Å². The summed E-state index contributed by atoms with van der Waals surface area (Å²) in [6.07, 6.45) is 2.58. The van der Waals surface area contributed by atoms with Gasteiger partial charge in [0.05, 0.1) is 7.11 Å². The van der Waals surface area contributed by atoms with E-state index in [-0.39, 0.29) is 16.6 Å². The number of anilines is 1. The lowest BCUT2D eigenvalue weighted by molar-refractivity contribution is -0.114. The van der Waals surface area contributed by atoms with Crippen molar-refractivity contribution >= 4 is 27.2 Å². The number of amides is 1. The van der Waals surface area contributed by atoms with Crippen molar-refractivity contribution in [1.29, 1.82) is 0 Å². The van der Waals surface area contributed by atoms with Crippen LogP contribution in [-0.2, 0) is 14.8 Å². The minimum absolute atomic E-state index is 0.0489. The van der Waals surface area contributed by atoms with Gasteiger partial charge in [-0.25, -0.2) is 8.42 Å². The van der Waals surface area contributed by atoms with Crippen LogP contribution in [0.5, 0.6) is 5.75 Å². The number of benzene rings is 2. The van der Waals surface area contributed by atoms with Crippen molar-refractivity contribution in [2.24, 2.45) is 0 Å². The lowest BCUT2D eigenvalue weighted by Gasteiger charge is -2.27. The van der Waals surface area contributed by atoms with E-state index in [0.29, 0.717) is 25.2 Å². The molecule has 0 saturated carbocycles. The maximum absolute atomic E-state index is 13.2. The number of sulfonamides is 1. The van der Waals surface area contributed by atoms with E-state index < -0.39 is 10.0 Å². The molecule has 1 amide bonds. The normalized spacial score (nSPS) is 15.1. The molecule has 6 nitrogen and oxygen atoms in total. The van der Waals surface area contributed by atoms with E-state index in [9.17, 15) is 13.2 Å². The maximum Gasteiger partial charge on any atom is 0.247 e. The van der Waals surface area contributed by atoms with Crippen molar-refractivity contribution in [1.82, 2.24) is 4.31 Å². The molecule has 2 aromatic carbocycles. The van der Waals surface area contributed by atoms with E-state index in [1.807, 2.05) is 36.4 Å². The third-order valence-electron chi connectivity index (χ3n) is 4.42. The van der Waals surface area contributed by atoms with Gasteiger partial charge in [-0.1, -0.05) is 36.4 Å². The fourth-order valence-electron chi connectivity index (χ4n) is 3.08.